The van der Waals surface area contributed by atoms with Crippen LogP contribution >= 0.6 is 0 Å². The fraction of sp³-hybridized carbons (Fsp3) is 0.227. The number of hydrazone groups is 1. The minimum absolute atomic E-state index is 0.00537. The van der Waals surface area contributed by atoms with Crippen LogP contribution in [-0.4, -0.2) is 54.6 Å². The lowest BCUT2D eigenvalue weighted by Crippen LogP contribution is -2.38. The van der Waals surface area contributed by atoms with Crippen molar-refractivity contribution in [3.63, 3.8) is 0 Å². The maximum atomic E-state index is 12.2. The van der Waals surface area contributed by atoms with E-state index in [0.29, 0.717) is 22.7 Å². The van der Waals surface area contributed by atoms with Gasteiger partial charge < -0.3 is 11.2 Å². The van der Waals surface area contributed by atoms with Crippen molar-refractivity contribution >= 4 is 17.4 Å². The van der Waals surface area contributed by atoms with Gasteiger partial charge in [0, 0.05) is 37.3 Å². The highest BCUT2D eigenvalue weighted by Gasteiger charge is 2.11. The number of nitrogens with two attached hydrogens (primary N) is 1. The topological polar surface area (TPSA) is 91.0 Å². The minimum atomic E-state index is -0.0410. The van der Waals surface area contributed by atoms with E-state index in [1.165, 1.54) is 5.01 Å². The largest absolute Gasteiger partial charge is 0.385 e. The number of likely N-dealkylation sites (N-methyl/N-ethyl adjacent to an activating group) is 2. The number of hydrazine groups is 1. The van der Waals surface area contributed by atoms with Gasteiger partial charge in [0.1, 0.15) is 5.84 Å². The number of benzene rings is 2. The third kappa shape index (κ3) is 7.59. The zero-order valence-electron chi connectivity index (χ0n) is 16.8. The minimum Gasteiger partial charge on any atom is -0.385 e. The summed E-state index contributed by atoms with van der Waals surface area (Å²) < 4.78 is 0. The van der Waals surface area contributed by atoms with Crippen molar-refractivity contribution in [3.05, 3.63) is 84.1 Å². The quantitative estimate of drug-likeness (QED) is 0.263. The Hall–Kier alpha value is -3.45. The van der Waals surface area contributed by atoms with E-state index >= 15 is 0 Å². The van der Waals surface area contributed by atoms with Gasteiger partial charge in [-0.3, -0.25) is 14.6 Å². The summed E-state index contributed by atoms with van der Waals surface area (Å²) >= 11 is 0. The summed E-state index contributed by atoms with van der Waals surface area (Å²) in [6.07, 6.45) is 0.285. The number of hydrogen-bond donors (Lipinski definition) is 2. The molecule has 7 nitrogen and oxygen atoms in total. The van der Waals surface area contributed by atoms with Crippen LogP contribution in [0.3, 0.4) is 0 Å². The Morgan fingerprint density at radius 3 is 1.93 bits per heavy atom. The molecule has 2 aromatic rings. The maximum absolute atomic E-state index is 12.2. The number of amidine groups is 1. The van der Waals surface area contributed by atoms with Crippen LogP contribution in [0.2, 0.25) is 0 Å². The smallest absolute Gasteiger partial charge is 0.183 e. The number of nitrogens with zero attached hydrogens (tertiary/aromatic N) is 3. The molecule has 0 amide bonds. The summed E-state index contributed by atoms with van der Waals surface area (Å²) in [5.41, 5.74) is 10.9. The molecule has 2 rings (SSSR count). The van der Waals surface area contributed by atoms with Gasteiger partial charge in [0.25, 0.3) is 0 Å². The van der Waals surface area contributed by atoms with Crippen LogP contribution in [0.5, 0.6) is 0 Å². The lowest BCUT2D eigenvalue weighted by atomic mass is 10.1. The fourth-order valence-electron chi connectivity index (χ4n) is 2.71. The first-order valence-corrected chi connectivity index (χ1v) is 9.21. The van der Waals surface area contributed by atoms with Crippen LogP contribution in [0.15, 0.2) is 78.0 Å². The van der Waals surface area contributed by atoms with E-state index in [9.17, 15) is 9.59 Å². The van der Waals surface area contributed by atoms with Crippen molar-refractivity contribution in [1.29, 1.82) is 0 Å². The second-order valence-corrected chi connectivity index (χ2v) is 6.73. The zero-order valence-corrected chi connectivity index (χ0v) is 16.8. The van der Waals surface area contributed by atoms with Crippen LogP contribution in [0.1, 0.15) is 27.1 Å². The molecule has 0 atom stereocenters. The predicted octanol–water partition coefficient (Wildman–Crippen LogP) is 2.30. The average molecular weight is 393 g/mol. The molecule has 29 heavy (non-hydrogen) atoms. The predicted molar refractivity (Wildman–Crippen MR) is 115 cm³/mol. The van der Waals surface area contributed by atoms with Gasteiger partial charge in [-0.1, -0.05) is 67.2 Å². The van der Waals surface area contributed by atoms with Gasteiger partial charge in [-0.15, -0.1) is 0 Å². The third-order valence-corrected chi connectivity index (χ3v) is 3.99. The number of nitrogens with one attached hydrogen (secondary N) is 1. The average Bonchev–Trinajstić information content (AvgIpc) is 2.68. The van der Waals surface area contributed by atoms with Crippen molar-refractivity contribution in [2.24, 2.45) is 10.8 Å². The molecule has 2 aromatic carbocycles. The summed E-state index contributed by atoms with van der Waals surface area (Å²) in [6.45, 7) is 4.23. The van der Waals surface area contributed by atoms with E-state index in [0.717, 1.165) is 0 Å². The number of Topliss-reactive ketones (excluding diaryl/α,β-unsaturated/α-hetero) is 2. The second kappa shape index (κ2) is 10.8. The molecule has 0 aliphatic heterocycles. The van der Waals surface area contributed by atoms with Gasteiger partial charge in [-0.2, -0.15) is 5.10 Å². The van der Waals surface area contributed by atoms with Gasteiger partial charge in [0.05, 0.1) is 13.1 Å². The molecule has 0 saturated carbocycles. The fourth-order valence-corrected chi connectivity index (χ4v) is 2.71. The molecule has 0 aliphatic carbocycles. The van der Waals surface area contributed by atoms with Crippen molar-refractivity contribution in [3.8, 4) is 0 Å². The first-order valence-electron chi connectivity index (χ1n) is 9.21. The third-order valence-electron chi connectivity index (χ3n) is 3.99. The summed E-state index contributed by atoms with van der Waals surface area (Å²) in [7, 11) is 3.44. The molecule has 0 spiro atoms. The molecular weight excluding hydrogens is 366 g/mol. The highest BCUT2D eigenvalue weighted by molar-refractivity contribution is 5.98. The molecular formula is C22H27N5O2. The standard InChI is InChI=1S/C22H27N5O2/c1-17(24-26(2)15-20(28)18-10-6-4-7-11-18)14-22(23)25-27(3)16-21(29)19-12-8-5-9-13-19/h4-13,24H,1,14-16H2,2-3H3,(H2,23,25). The monoisotopic (exact) mass is 393 g/mol. The summed E-state index contributed by atoms with van der Waals surface area (Å²) in [4.78, 5) is 24.4. The maximum Gasteiger partial charge on any atom is 0.183 e. The Balaban J connectivity index is 1.79. The van der Waals surface area contributed by atoms with Gasteiger partial charge in [-0.05, 0) is 0 Å². The molecule has 0 saturated heterocycles. The first-order chi connectivity index (χ1) is 13.8. The van der Waals surface area contributed by atoms with Crippen LogP contribution < -0.4 is 11.2 Å². The number of hydrogen-bond acceptors (Lipinski definition) is 6. The lowest BCUT2D eigenvalue weighted by molar-refractivity contribution is 0.0922. The van der Waals surface area contributed by atoms with E-state index in [1.54, 1.807) is 43.4 Å². The van der Waals surface area contributed by atoms with Crippen LogP contribution in [-0.2, 0) is 0 Å². The molecule has 0 radical (unpaired) electrons. The van der Waals surface area contributed by atoms with Gasteiger partial charge in [0.15, 0.2) is 11.6 Å². The Bertz CT molecular complexity index is 865. The Kier molecular flexibility index (Phi) is 8.12. The van der Waals surface area contributed by atoms with E-state index in [4.69, 9.17) is 5.73 Å². The zero-order chi connectivity index (χ0) is 21.2. The molecule has 7 heteroatoms. The molecule has 0 heterocycles. The number of carbonyl (C=O) groups excluding carboxylic acids is 2. The van der Waals surface area contributed by atoms with Crippen molar-refractivity contribution in [2.45, 2.75) is 6.42 Å². The van der Waals surface area contributed by atoms with Crippen molar-refractivity contribution in [1.82, 2.24) is 15.4 Å². The van der Waals surface area contributed by atoms with E-state index in [-0.39, 0.29) is 31.1 Å². The van der Waals surface area contributed by atoms with Crippen molar-refractivity contribution < 1.29 is 9.59 Å². The highest BCUT2D eigenvalue weighted by atomic mass is 16.1. The van der Waals surface area contributed by atoms with E-state index in [1.807, 2.05) is 36.4 Å². The second-order valence-electron chi connectivity index (χ2n) is 6.73. The van der Waals surface area contributed by atoms with Crippen LogP contribution in [0.4, 0.5) is 0 Å². The Morgan fingerprint density at radius 2 is 1.41 bits per heavy atom. The van der Waals surface area contributed by atoms with Crippen LogP contribution in [0.25, 0.3) is 0 Å². The molecule has 0 bridgehead atoms. The van der Waals surface area contributed by atoms with Crippen molar-refractivity contribution in [2.75, 3.05) is 27.2 Å². The molecule has 152 valence electrons. The molecule has 0 aromatic heterocycles. The Morgan fingerprint density at radius 1 is 0.931 bits per heavy atom. The van der Waals surface area contributed by atoms with Gasteiger partial charge >= 0.3 is 0 Å². The van der Waals surface area contributed by atoms with Crippen LogP contribution in [0, 0.1) is 0 Å². The summed E-state index contributed by atoms with van der Waals surface area (Å²) in [5, 5.41) is 7.37. The number of ketones is 2. The molecule has 3 N–H and O–H groups in total. The molecule has 0 unspecified atom stereocenters. The first kappa shape index (κ1) is 21.8. The summed E-state index contributed by atoms with van der Waals surface area (Å²) in [6, 6.07) is 18.1. The van der Waals surface area contributed by atoms with E-state index in [2.05, 4.69) is 17.1 Å². The lowest BCUT2D eigenvalue weighted by Gasteiger charge is -2.20. The number of rotatable bonds is 11. The normalized spacial score (nSPS) is 11.2. The number of carbonyl (C=O) groups is 2. The van der Waals surface area contributed by atoms with E-state index < -0.39 is 0 Å². The molecule has 0 fully saturated rings. The van der Waals surface area contributed by atoms with Gasteiger partial charge in [-0.25, -0.2) is 5.01 Å². The van der Waals surface area contributed by atoms with Gasteiger partial charge in [0.2, 0.25) is 0 Å². The SMILES string of the molecule is C=C(C/C(N)=N/N(C)CC(=O)c1ccccc1)NN(C)CC(=O)c1ccccc1. The summed E-state index contributed by atoms with van der Waals surface area (Å²) in [5.74, 6) is 0.267. The Labute approximate surface area is 171 Å². The highest BCUT2D eigenvalue weighted by Crippen LogP contribution is 2.03. The molecule has 0 aliphatic rings.